The Balaban J connectivity index is 1.57. The lowest BCUT2D eigenvalue weighted by atomic mass is 10.1. The highest BCUT2D eigenvalue weighted by atomic mass is 35.5. The first-order chi connectivity index (χ1) is 17.3. The molecule has 0 radical (unpaired) electrons. The van der Waals surface area contributed by atoms with Crippen molar-refractivity contribution in [3.8, 4) is 0 Å². The van der Waals surface area contributed by atoms with Crippen molar-refractivity contribution in [3.63, 3.8) is 0 Å². The van der Waals surface area contributed by atoms with Crippen molar-refractivity contribution in [2.75, 3.05) is 53.4 Å². The molecule has 0 saturated carbocycles. The van der Waals surface area contributed by atoms with Crippen LogP contribution >= 0.6 is 23.2 Å². The number of carbonyl (C=O) groups is 1. The van der Waals surface area contributed by atoms with Gasteiger partial charge >= 0.3 is 0 Å². The second-order valence-electron chi connectivity index (χ2n) is 9.03. The predicted molar refractivity (Wildman–Crippen MR) is 142 cm³/mol. The van der Waals surface area contributed by atoms with Crippen LogP contribution in [0.5, 0.6) is 0 Å². The van der Waals surface area contributed by atoms with E-state index in [4.69, 9.17) is 28.9 Å². The number of quaternary nitrogens is 1. The molecule has 0 unspecified atom stereocenters. The maximum absolute atomic E-state index is 14.1. The second kappa shape index (κ2) is 11.5. The maximum atomic E-state index is 14.1. The third-order valence-corrected chi connectivity index (χ3v) is 7.42. The fourth-order valence-electron chi connectivity index (χ4n) is 4.42. The van der Waals surface area contributed by atoms with E-state index in [9.17, 15) is 9.18 Å². The highest BCUT2D eigenvalue weighted by Gasteiger charge is 2.23. The van der Waals surface area contributed by atoms with Gasteiger partial charge in [0.25, 0.3) is 5.91 Å². The fraction of sp³-hybridized carbons (Fsp3) is 0.346. The molecule has 2 aromatic rings. The molecule has 0 aliphatic carbocycles. The van der Waals surface area contributed by atoms with Gasteiger partial charge in [-0.05, 0) is 43.4 Å². The topological polar surface area (TPSA) is 81.4 Å². The molecule has 0 bridgehead atoms. The number of carbonyl (C=O) groups excluding carboxylic acids is 1. The van der Waals surface area contributed by atoms with E-state index in [0.717, 1.165) is 43.1 Å². The zero-order valence-corrected chi connectivity index (χ0v) is 22.0. The molecule has 192 valence electrons. The minimum Gasteiger partial charge on any atom is -0.384 e. The summed E-state index contributed by atoms with van der Waals surface area (Å²) >= 11 is 12.6. The summed E-state index contributed by atoms with van der Waals surface area (Å²) in [5, 5.41) is 5.62. The standard InChI is InChI=1S/C26H31Cl2FN6O/c1-31-22(17-3-5-18(6-4-17)26(36)34-13-11-33(2)12-14-34)15-23-25(30)32-9-10-35(23)16-19-20(27)7-8-21(29)24(19)28/h3-8,15,31-32H,9-14,16,30H2,1-2H3/p+1/b22-15-. The Labute approximate surface area is 221 Å². The van der Waals surface area contributed by atoms with Crippen molar-refractivity contribution in [3.05, 3.63) is 86.5 Å². The first kappa shape index (κ1) is 26.3. The Kier molecular flexibility index (Phi) is 8.41. The average molecular weight is 534 g/mol. The third kappa shape index (κ3) is 5.78. The lowest BCUT2D eigenvalue weighted by molar-refractivity contribution is -0.530. The molecule has 2 aliphatic heterocycles. The SMILES string of the molecule is C[NH2+]/C(=C\C1=C(N)NCCN1Cc1c(Cl)ccc(F)c1Cl)c1ccc(C(=O)N2CCN(C)CC2)cc1. The summed E-state index contributed by atoms with van der Waals surface area (Å²) in [4.78, 5) is 19.1. The zero-order chi connectivity index (χ0) is 25.8. The molecule has 36 heavy (non-hydrogen) atoms. The number of nitrogens with one attached hydrogen (secondary N) is 1. The van der Waals surface area contributed by atoms with Gasteiger partial charge < -0.3 is 31.1 Å². The quantitative estimate of drug-likeness (QED) is 0.496. The van der Waals surface area contributed by atoms with E-state index in [-0.39, 0.29) is 10.9 Å². The van der Waals surface area contributed by atoms with E-state index in [1.54, 1.807) is 0 Å². The van der Waals surface area contributed by atoms with E-state index < -0.39 is 5.82 Å². The highest BCUT2D eigenvalue weighted by molar-refractivity contribution is 6.36. The summed E-state index contributed by atoms with van der Waals surface area (Å²) in [6.45, 7) is 4.84. The molecular weight excluding hydrogens is 502 g/mol. The highest BCUT2D eigenvalue weighted by Crippen LogP contribution is 2.30. The molecule has 0 aromatic heterocycles. The number of benzene rings is 2. The molecule has 2 aromatic carbocycles. The average Bonchev–Trinajstić information content (AvgIpc) is 2.89. The maximum Gasteiger partial charge on any atom is 0.253 e. The number of nitrogens with zero attached hydrogens (tertiary/aromatic N) is 3. The Morgan fingerprint density at radius 3 is 2.42 bits per heavy atom. The van der Waals surface area contributed by atoms with Gasteiger partial charge in [0.15, 0.2) is 0 Å². The number of amides is 1. The van der Waals surface area contributed by atoms with Crippen molar-refractivity contribution in [2.24, 2.45) is 5.73 Å². The van der Waals surface area contributed by atoms with Crippen LogP contribution in [-0.2, 0) is 6.54 Å². The van der Waals surface area contributed by atoms with Gasteiger partial charge in [0.2, 0.25) is 0 Å². The van der Waals surface area contributed by atoms with Gasteiger partial charge in [0.05, 0.1) is 17.8 Å². The van der Waals surface area contributed by atoms with Gasteiger partial charge in [-0.1, -0.05) is 23.2 Å². The fourth-order valence-corrected chi connectivity index (χ4v) is 4.91. The van der Waals surface area contributed by atoms with Crippen LogP contribution < -0.4 is 16.4 Å². The summed E-state index contributed by atoms with van der Waals surface area (Å²) in [6, 6.07) is 10.4. The molecule has 2 heterocycles. The van der Waals surface area contributed by atoms with Gasteiger partial charge in [-0.15, -0.1) is 0 Å². The van der Waals surface area contributed by atoms with Crippen LogP contribution in [0.3, 0.4) is 0 Å². The van der Waals surface area contributed by atoms with Crippen molar-refractivity contribution in [1.29, 1.82) is 0 Å². The molecule has 1 saturated heterocycles. The summed E-state index contributed by atoms with van der Waals surface area (Å²) in [5.74, 6) is 0.0688. The van der Waals surface area contributed by atoms with Crippen LogP contribution in [0.4, 0.5) is 4.39 Å². The molecule has 1 fully saturated rings. The number of nitrogens with two attached hydrogens (primary N) is 2. The second-order valence-corrected chi connectivity index (χ2v) is 9.82. The van der Waals surface area contributed by atoms with Crippen molar-refractivity contribution >= 4 is 34.8 Å². The predicted octanol–water partition coefficient (Wildman–Crippen LogP) is 2.29. The van der Waals surface area contributed by atoms with Crippen LogP contribution in [-0.4, -0.2) is 74.0 Å². The van der Waals surface area contributed by atoms with E-state index >= 15 is 0 Å². The Hall–Kier alpha value is -2.78. The monoisotopic (exact) mass is 533 g/mol. The molecule has 2 aliphatic rings. The van der Waals surface area contributed by atoms with Crippen LogP contribution in [0.15, 0.2) is 54.0 Å². The number of likely N-dealkylation sites (N-methyl/N-ethyl adjacent to an activating group) is 1. The minimum absolute atomic E-state index is 0.0193. The smallest absolute Gasteiger partial charge is 0.253 e. The summed E-state index contributed by atoms with van der Waals surface area (Å²) in [7, 11) is 4.02. The number of hydrogen-bond acceptors (Lipinski definition) is 5. The summed E-state index contributed by atoms with van der Waals surface area (Å²) in [6.07, 6.45) is 1.99. The Morgan fingerprint density at radius 1 is 1.08 bits per heavy atom. The van der Waals surface area contributed by atoms with Gasteiger partial charge in [-0.2, -0.15) is 0 Å². The van der Waals surface area contributed by atoms with Crippen LogP contribution in [0.2, 0.25) is 10.0 Å². The van der Waals surface area contributed by atoms with Crippen molar-refractivity contribution < 1.29 is 14.5 Å². The van der Waals surface area contributed by atoms with Crippen molar-refractivity contribution in [2.45, 2.75) is 6.54 Å². The minimum atomic E-state index is -0.506. The third-order valence-electron chi connectivity index (χ3n) is 6.66. The number of piperazine rings is 1. The zero-order valence-electron chi connectivity index (χ0n) is 20.5. The van der Waals surface area contributed by atoms with Gasteiger partial charge in [-0.25, -0.2) is 4.39 Å². The number of halogens is 3. The Morgan fingerprint density at radius 2 is 1.75 bits per heavy atom. The van der Waals surface area contributed by atoms with Gasteiger partial charge in [0, 0.05) is 73.6 Å². The molecular formula is C26H32Cl2FN6O+. The van der Waals surface area contributed by atoms with Crippen molar-refractivity contribution in [1.82, 2.24) is 20.0 Å². The van der Waals surface area contributed by atoms with Crippen LogP contribution in [0, 0.1) is 5.82 Å². The Bertz CT molecular complexity index is 1180. The van der Waals surface area contributed by atoms with Crippen LogP contribution in [0.1, 0.15) is 21.5 Å². The van der Waals surface area contributed by atoms with E-state index in [1.807, 2.05) is 52.5 Å². The summed E-state index contributed by atoms with van der Waals surface area (Å²) < 4.78 is 14.1. The molecule has 1 amide bonds. The normalized spacial score (nSPS) is 17.4. The molecule has 7 nitrogen and oxygen atoms in total. The van der Waals surface area contributed by atoms with E-state index in [1.165, 1.54) is 12.1 Å². The van der Waals surface area contributed by atoms with Gasteiger partial charge in [0.1, 0.15) is 17.3 Å². The van der Waals surface area contributed by atoms with Gasteiger partial charge in [-0.3, -0.25) is 4.79 Å². The molecule has 10 heteroatoms. The lowest BCUT2D eigenvalue weighted by Gasteiger charge is -2.32. The summed E-state index contributed by atoms with van der Waals surface area (Å²) in [5.41, 5.74) is 10.2. The largest absolute Gasteiger partial charge is 0.384 e. The van der Waals surface area contributed by atoms with E-state index in [0.29, 0.717) is 41.6 Å². The van der Waals surface area contributed by atoms with E-state index in [2.05, 4.69) is 17.3 Å². The van der Waals surface area contributed by atoms with Crippen LogP contribution in [0.25, 0.3) is 5.70 Å². The lowest BCUT2D eigenvalue weighted by Crippen LogP contribution is -2.76. The number of allylic oxidation sites excluding steroid dienone is 1. The molecule has 0 atom stereocenters. The first-order valence-corrected chi connectivity index (χ1v) is 12.7. The first-order valence-electron chi connectivity index (χ1n) is 12.0. The number of rotatable bonds is 6. The molecule has 0 spiro atoms. The molecule has 5 N–H and O–H groups in total. The number of hydrogen-bond donors (Lipinski definition) is 3. The molecule has 4 rings (SSSR count).